The Labute approximate surface area is 174 Å². The Morgan fingerprint density at radius 1 is 1.00 bits per heavy atom. The number of nitrogens with zero attached hydrogens (tertiary/aromatic N) is 2. The molecule has 2 aromatic rings. The topological polar surface area (TPSA) is 48.9 Å². The number of likely N-dealkylation sites (tertiary alicyclic amines) is 1. The highest BCUT2D eigenvalue weighted by molar-refractivity contribution is 5.80. The first-order valence-electron chi connectivity index (χ1n) is 10.8. The molecule has 0 atom stereocenters. The molecule has 1 saturated heterocycles. The van der Waals surface area contributed by atoms with E-state index in [0.717, 1.165) is 34.6 Å². The van der Waals surface area contributed by atoms with Crippen molar-refractivity contribution < 1.29 is 4.74 Å². The van der Waals surface area contributed by atoms with Gasteiger partial charge in [-0.1, -0.05) is 36.4 Å². The summed E-state index contributed by atoms with van der Waals surface area (Å²) < 4.78 is 6.19. The summed E-state index contributed by atoms with van der Waals surface area (Å²) in [5.74, 6) is 2.63. The van der Waals surface area contributed by atoms with Crippen molar-refractivity contribution in [3.63, 3.8) is 0 Å². The van der Waals surface area contributed by atoms with Crippen molar-refractivity contribution in [1.29, 1.82) is 0 Å². The van der Waals surface area contributed by atoms with Gasteiger partial charge < -0.3 is 20.3 Å². The van der Waals surface area contributed by atoms with Gasteiger partial charge in [-0.3, -0.25) is 4.99 Å². The Bertz CT molecular complexity index is 838. The van der Waals surface area contributed by atoms with Crippen LogP contribution in [-0.2, 0) is 6.54 Å². The van der Waals surface area contributed by atoms with Crippen molar-refractivity contribution in [2.45, 2.75) is 51.2 Å². The lowest BCUT2D eigenvalue weighted by atomic mass is 10.1. The molecule has 0 aromatic heterocycles. The fourth-order valence-electron chi connectivity index (χ4n) is 3.95. The summed E-state index contributed by atoms with van der Waals surface area (Å²) in [5, 5.41) is 7.07. The van der Waals surface area contributed by atoms with Gasteiger partial charge in [0.25, 0.3) is 0 Å². The third-order valence-corrected chi connectivity index (χ3v) is 5.89. The van der Waals surface area contributed by atoms with E-state index in [1.54, 1.807) is 0 Å². The minimum Gasteiger partial charge on any atom is -0.457 e. The van der Waals surface area contributed by atoms with Crippen LogP contribution in [0.2, 0.25) is 0 Å². The smallest absolute Gasteiger partial charge is 0.191 e. The monoisotopic (exact) mass is 392 g/mol. The molecule has 29 heavy (non-hydrogen) atoms. The molecule has 154 valence electrons. The number of ether oxygens (including phenoxy) is 1. The van der Waals surface area contributed by atoms with Crippen LogP contribution >= 0.6 is 0 Å². The average molecular weight is 393 g/mol. The van der Waals surface area contributed by atoms with E-state index >= 15 is 0 Å². The van der Waals surface area contributed by atoms with Crippen LogP contribution in [0.25, 0.3) is 0 Å². The number of para-hydroxylation sites is 2. The standard InChI is InChI=1S/C24H32N4O/c1-18-7-3-5-9-22(18)29-23-10-6-4-8-19(23)17-26-24(25-2)27-20-13-15-28(16-14-20)21-11-12-21/h3-10,20-21H,11-17H2,1-2H3,(H2,25,26,27). The van der Waals surface area contributed by atoms with Gasteiger partial charge in [-0.25, -0.2) is 0 Å². The number of hydrogen-bond acceptors (Lipinski definition) is 3. The van der Waals surface area contributed by atoms with Gasteiger partial charge in [0.15, 0.2) is 5.96 Å². The number of piperidine rings is 1. The summed E-state index contributed by atoms with van der Waals surface area (Å²) in [5.41, 5.74) is 2.24. The zero-order valence-corrected chi connectivity index (χ0v) is 17.5. The van der Waals surface area contributed by atoms with E-state index in [4.69, 9.17) is 4.74 Å². The van der Waals surface area contributed by atoms with E-state index in [2.05, 4.69) is 39.6 Å². The van der Waals surface area contributed by atoms with Crippen LogP contribution in [0.15, 0.2) is 53.5 Å². The molecular weight excluding hydrogens is 360 g/mol. The van der Waals surface area contributed by atoms with E-state index in [-0.39, 0.29) is 0 Å². The van der Waals surface area contributed by atoms with Crippen molar-refractivity contribution >= 4 is 5.96 Å². The maximum atomic E-state index is 6.19. The normalized spacial score (nSPS) is 18.5. The van der Waals surface area contributed by atoms with Crippen LogP contribution in [0.1, 0.15) is 36.8 Å². The number of aliphatic imine (C=N–C) groups is 1. The number of hydrogen-bond donors (Lipinski definition) is 2. The molecule has 0 unspecified atom stereocenters. The van der Waals surface area contributed by atoms with Crippen molar-refractivity contribution in [3.05, 3.63) is 59.7 Å². The summed E-state index contributed by atoms with van der Waals surface area (Å²) >= 11 is 0. The molecule has 5 heteroatoms. The highest BCUT2D eigenvalue weighted by atomic mass is 16.5. The van der Waals surface area contributed by atoms with Gasteiger partial charge in [0.2, 0.25) is 0 Å². The maximum absolute atomic E-state index is 6.19. The van der Waals surface area contributed by atoms with Gasteiger partial charge in [-0.15, -0.1) is 0 Å². The Kier molecular flexibility index (Phi) is 6.35. The van der Waals surface area contributed by atoms with Crippen LogP contribution in [0.5, 0.6) is 11.5 Å². The fraction of sp³-hybridized carbons (Fsp3) is 0.458. The first-order valence-corrected chi connectivity index (χ1v) is 10.8. The summed E-state index contributed by atoms with van der Waals surface area (Å²) in [4.78, 5) is 7.08. The van der Waals surface area contributed by atoms with E-state index in [1.807, 2.05) is 43.4 Å². The van der Waals surface area contributed by atoms with Crippen LogP contribution in [0, 0.1) is 6.92 Å². The second-order valence-electron chi connectivity index (χ2n) is 8.09. The van der Waals surface area contributed by atoms with Crippen molar-refractivity contribution in [3.8, 4) is 11.5 Å². The maximum Gasteiger partial charge on any atom is 0.191 e. The number of guanidine groups is 1. The Morgan fingerprint density at radius 2 is 1.69 bits per heavy atom. The Morgan fingerprint density at radius 3 is 2.38 bits per heavy atom. The molecule has 1 aliphatic carbocycles. The highest BCUT2D eigenvalue weighted by Crippen LogP contribution is 2.29. The van der Waals surface area contributed by atoms with Gasteiger partial charge in [-0.05, 0) is 50.3 Å². The SMILES string of the molecule is CN=C(NCc1ccccc1Oc1ccccc1C)NC1CCN(C2CC2)CC1. The van der Waals surface area contributed by atoms with Crippen LogP contribution < -0.4 is 15.4 Å². The van der Waals surface area contributed by atoms with Crippen molar-refractivity contribution in [2.75, 3.05) is 20.1 Å². The molecule has 1 saturated carbocycles. The molecule has 1 aliphatic heterocycles. The highest BCUT2D eigenvalue weighted by Gasteiger charge is 2.31. The molecule has 0 radical (unpaired) electrons. The Hall–Kier alpha value is -2.53. The quantitative estimate of drug-likeness (QED) is 0.574. The average Bonchev–Trinajstić information content (AvgIpc) is 3.59. The largest absolute Gasteiger partial charge is 0.457 e. The Balaban J connectivity index is 1.32. The molecule has 1 heterocycles. The minimum absolute atomic E-state index is 0.495. The molecule has 5 nitrogen and oxygen atoms in total. The van der Waals surface area contributed by atoms with Gasteiger partial charge in [0.05, 0.1) is 0 Å². The molecule has 2 N–H and O–H groups in total. The molecule has 0 spiro atoms. The molecule has 4 rings (SSSR count). The molecular formula is C24H32N4O. The van der Waals surface area contributed by atoms with Gasteiger partial charge >= 0.3 is 0 Å². The lowest BCUT2D eigenvalue weighted by molar-refractivity contribution is 0.197. The second kappa shape index (κ2) is 9.31. The van der Waals surface area contributed by atoms with Crippen LogP contribution in [-0.4, -0.2) is 43.1 Å². The zero-order valence-electron chi connectivity index (χ0n) is 17.5. The fourth-order valence-corrected chi connectivity index (χ4v) is 3.95. The van der Waals surface area contributed by atoms with Crippen LogP contribution in [0.3, 0.4) is 0 Å². The third kappa shape index (κ3) is 5.30. The van der Waals surface area contributed by atoms with E-state index < -0.39 is 0 Å². The zero-order chi connectivity index (χ0) is 20.1. The number of rotatable bonds is 6. The lowest BCUT2D eigenvalue weighted by Crippen LogP contribution is -2.48. The third-order valence-electron chi connectivity index (χ3n) is 5.89. The predicted molar refractivity (Wildman–Crippen MR) is 119 cm³/mol. The summed E-state index contributed by atoms with van der Waals surface area (Å²) in [6, 6.07) is 17.7. The molecule has 2 aliphatic rings. The van der Waals surface area contributed by atoms with Gasteiger partial charge in [-0.2, -0.15) is 0 Å². The second-order valence-corrected chi connectivity index (χ2v) is 8.09. The molecule has 2 aromatic carbocycles. The summed E-state index contributed by atoms with van der Waals surface area (Å²) in [6.45, 7) is 5.14. The van der Waals surface area contributed by atoms with Crippen molar-refractivity contribution in [1.82, 2.24) is 15.5 Å². The summed E-state index contributed by atoms with van der Waals surface area (Å²) in [6.07, 6.45) is 5.16. The number of benzene rings is 2. The first-order chi connectivity index (χ1) is 14.2. The molecule has 0 amide bonds. The molecule has 0 bridgehead atoms. The lowest BCUT2D eigenvalue weighted by Gasteiger charge is -2.33. The van der Waals surface area contributed by atoms with Gasteiger partial charge in [0.1, 0.15) is 11.5 Å². The van der Waals surface area contributed by atoms with E-state index in [1.165, 1.54) is 38.8 Å². The minimum atomic E-state index is 0.495. The van der Waals surface area contributed by atoms with E-state index in [9.17, 15) is 0 Å². The predicted octanol–water partition coefficient (Wildman–Crippen LogP) is 4.08. The van der Waals surface area contributed by atoms with E-state index in [0.29, 0.717) is 12.6 Å². The van der Waals surface area contributed by atoms with Crippen molar-refractivity contribution in [2.24, 2.45) is 4.99 Å². The molecule has 2 fully saturated rings. The first kappa shape index (κ1) is 19.8. The summed E-state index contributed by atoms with van der Waals surface area (Å²) in [7, 11) is 1.84. The number of aryl methyl sites for hydroxylation is 1. The van der Waals surface area contributed by atoms with Gasteiger partial charge in [0, 0.05) is 44.3 Å². The number of nitrogens with one attached hydrogen (secondary N) is 2. The van der Waals surface area contributed by atoms with Crippen LogP contribution in [0.4, 0.5) is 0 Å².